The van der Waals surface area contributed by atoms with Crippen molar-refractivity contribution in [1.29, 1.82) is 0 Å². The van der Waals surface area contributed by atoms with Gasteiger partial charge in [-0.05, 0) is 24.6 Å². The Hall–Kier alpha value is -2.53. The van der Waals surface area contributed by atoms with E-state index in [0.717, 1.165) is 0 Å². The SMILES string of the molecule is C#CCNC(=O)CCNC(=O)c1cccc(NS(=O)(=O)CCC)c1. The van der Waals surface area contributed by atoms with Gasteiger partial charge < -0.3 is 10.6 Å². The van der Waals surface area contributed by atoms with Crippen LogP contribution in [-0.4, -0.2) is 39.1 Å². The summed E-state index contributed by atoms with van der Waals surface area (Å²) in [5.41, 5.74) is 0.624. The predicted molar refractivity (Wildman–Crippen MR) is 92.9 cm³/mol. The van der Waals surface area contributed by atoms with Crippen LogP contribution in [0.3, 0.4) is 0 Å². The minimum Gasteiger partial charge on any atom is -0.352 e. The quantitative estimate of drug-likeness (QED) is 0.570. The molecule has 7 nitrogen and oxygen atoms in total. The van der Waals surface area contributed by atoms with E-state index in [9.17, 15) is 18.0 Å². The summed E-state index contributed by atoms with van der Waals surface area (Å²) in [7, 11) is -3.41. The molecule has 8 heteroatoms. The summed E-state index contributed by atoms with van der Waals surface area (Å²) in [6.07, 6.45) is 5.63. The Labute approximate surface area is 142 Å². The Balaban J connectivity index is 2.58. The van der Waals surface area contributed by atoms with Crippen LogP contribution in [0.2, 0.25) is 0 Å². The van der Waals surface area contributed by atoms with Gasteiger partial charge in [0.2, 0.25) is 15.9 Å². The van der Waals surface area contributed by atoms with E-state index in [-0.39, 0.29) is 31.2 Å². The van der Waals surface area contributed by atoms with Crippen LogP contribution in [0, 0.1) is 12.3 Å². The fourth-order valence-electron chi connectivity index (χ4n) is 1.85. The van der Waals surface area contributed by atoms with Crippen molar-refractivity contribution in [3.05, 3.63) is 29.8 Å². The van der Waals surface area contributed by atoms with Gasteiger partial charge in [-0.2, -0.15) is 0 Å². The molecule has 0 radical (unpaired) electrons. The molecule has 1 rings (SSSR count). The fraction of sp³-hybridized carbons (Fsp3) is 0.375. The maximum Gasteiger partial charge on any atom is 0.251 e. The lowest BCUT2D eigenvalue weighted by Crippen LogP contribution is -2.30. The van der Waals surface area contributed by atoms with Crippen LogP contribution in [0.25, 0.3) is 0 Å². The minimum atomic E-state index is -3.41. The summed E-state index contributed by atoms with van der Waals surface area (Å²) in [5, 5.41) is 5.08. The lowest BCUT2D eigenvalue weighted by Gasteiger charge is -2.09. The number of sulfonamides is 1. The molecule has 2 amide bonds. The number of terminal acetylenes is 1. The number of amides is 2. The highest BCUT2D eigenvalue weighted by Gasteiger charge is 2.11. The summed E-state index contributed by atoms with van der Waals surface area (Å²) in [4.78, 5) is 23.4. The first kappa shape index (κ1) is 19.5. The maximum atomic E-state index is 12.0. The van der Waals surface area contributed by atoms with Gasteiger partial charge in [-0.3, -0.25) is 14.3 Å². The topological polar surface area (TPSA) is 104 Å². The molecule has 0 saturated carbocycles. The molecule has 130 valence electrons. The van der Waals surface area contributed by atoms with Crippen LogP contribution >= 0.6 is 0 Å². The van der Waals surface area contributed by atoms with Crippen molar-refractivity contribution < 1.29 is 18.0 Å². The van der Waals surface area contributed by atoms with Crippen LogP contribution in [0.1, 0.15) is 30.1 Å². The van der Waals surface area contributed by atoms with Crippen molar-refractivity contribution in [1.82, 2.24) is 10.6 Å². The predicted octanol–water partition coefficient (Wildman–Crippen LogP) is 0.708. The lowest BCUT2D eigenvalue weighted by atomic mass is 10.2. The zero-order chi connectivity index (χ0) is 18.0. The third-order valence-electron chi connectivity index (χ3n) is 2.90. The van der Waals surface area contributed by atoms with Gasteiger partial charge in [0.1, 0.15) is 0 Å². The first-order valence-corrected chi connectivity index (χ1v) is 9.12. The molecule has 0 spiro atoms. The molecule has 0 atom stereocenters. The highest BCUT2D eigenvalue weighted by molar-refractivity contribution is 7.92. The third kappa shape index (κ3) is 7.15. The molecule has 1 aromatic carbocycles. The van der Waals surface area contributed by atoms with Crippen molar-refractivity contribution in [2.75, 3.05) is 23.6 Å². The van der Waals surface area contributed by atoms with Gasteiger partial charge in [-0.15, -0.1) is 6.42 Å². The molecular weight excluding hydrogens is 330 g/mol. The van der Waals surface area contributed by atoms with Crippen LogP contribution in [-0.2, 0) is 14.8 Å². The van der Waals surface area contributed by atoms with Crippen molar-refractivity contribution >= 4 is 27.5 Å². The smallest absolute Gasteiger partial charge is 0.251 e. The highest BCUT2D eigenvalue weighted by atomic mass is 32.2. The minimum absolute atomic E-state index is 0.0101. The Bertz CT molecular complexity index is 723. The summed E-state index contributed by atoms with van der Waals surface area (Å²) in [5.74, 6) is 1.64. The molecule has 0 aliphatic carbocycles. The summed E-state index contributed by atoms with van der Waals surface area (Å²) in [6, 6.07) is 6.15. The molecule has 1 aromatic rings. The molecule has 0 aliphatic heterocycles. The Morgan fingerprint density at radius 3 is 2.67 bits per heavy atom. The van der Waals surface area contributed by atoms with Gasteiger partial charge in [-0.25, -0.2) is 8.42 Å². The van der Waals surface area contributed by atoms with E-state index in [2.05, 4.69) is 21.3 Å². The van der Waals surface area contributed by atoms with Crippen LogP contribution in [0.4, 0.5) is 5.69 Å². The van der Waals surface area contributed by atoms with Gasteiger partial charge in [-0.1, -0.05) is 18.9 Å². The second kappa shape index (κ2) is 9.57. The van der Waals surface area contributed by atoms with E-state index in [1.165, 1.54) is 6.07 Å². The van der Waals surface area contributed by atoms with E-state index in [1.54, 1.807) is 25.1 Å². The maximum absolute atomic E-state index is 12.0. The molecule has 0 aliphatic rings. The second-order valence-electron chi connectivity index (χ2n) is 4.99. The Morgan fingerprint density at radius 1 is 1.25 bits per heavy atom. The molecule has 0 bridgehead atoms. The van der Waals surface area contributed by atoms with E-state index >= 15 is 0 Å². The van der Waals surface area contributed by atoms with Crippen LogP contribution in [0.15, 0.2) is 24.3 Å². The zero-order valence-electron chi connectivity index (χ0n) is 13.5. The van der Waals surface area contributed by atoms with Crippen molar-refractivity contribution in [2.24, 2.45) is 0 Å². The van der Waals surface area contributed by atoms with Gasteiger partial charge in [0.15, 0.2) is 0 Å². The first-order valence-electron chi connectivity index (χ1n) is 7.47. The molecule has 24 heavy (non-hydrogen) atoms. The molecule has 0 unspecified atom stereocenters. The standard InChI is InChI=1S/C16H21N3O4S/c1-3-9-17-15(20)8-10-18-16(21)13-6-5-7-14(12-13)19-24(22,23)11-4-2/h1,5-7,12,19H,4,8-11H2,2H3,(H,17,20)(H,18,21). The molecule has 3 N–H and O–H groups in total. The summed E-state index contributed by atoms with van der Waals surface area (Å²) < 4.78 is 25.9. The van der Waals surface area contributed by atoms with E-state index in [0.29, 0.717) is 17.7 Å². The van der Waals surface area contributed by atoms with E-state index < -0.39 is 15.9 Å². The summed E-state index contributed by atoms with van der Waals surface area (Å²) >= 11 is 0. The van der Waals surface area contributed by atoms with Gasteiger partial charge in [0, 0.05) is 24.2 Å². The van der Waals surface area contributed by atoms with Gasteiger partial charge >= 0.3 is 0 Å². The van der Waals surface area contributed by atoms with Crippen molar-refractivity contribution in [3.8, 4) is 12.3 Å². The van der Waals surface area contributed by atoms with Gasteiger partial charge in [0.25, 0.3) is 5.91 Å². The number of carbonyl (C=O) groups excluding carboxylic acids is 2. The number of benzene rings is 1. The fourth-order valence-corrected chi connectivity index (χ4v) is 2.98. The average Bonchev–Trinajstić information content (AvgIpc) is 2.52. The molecule has 0 saturated heterocycles. The van der Waals surface area contributed by atoms with Crippen molar-refractivity contribution in [3.63, 3.8) is 0 Å². The highest BCUT2D eigenvalue weighted by Crippen LogP contribution is 2.13. The zero-order valence-corrected chi connectivity index (χ0v) is 14.3. The first-order chi connectivity index (χ1) is 11.4. The number of hydrogen-bond donors (Lipinski definition) is 3. The van der Waals surface area contributed by atoms with E-state index in [1.807, 2.05) is 0 Å². The number of anilines is 1. The molecule has 0 heterocycles. The Kier molecular flexibility index (Phi) is 7.79. The van der Waals surface area contributed by atoms with Crippen LogP contribution in [0.5, 0.6) is 0 Å². The largest absolute Gasteiger partial charge is 0.352 e. The number of rotatable bonds is 9. The number of carbonyl (C=O) groups is 2. The van der Waals surface area contributed by atoms with Gasteiger partial charge in [0.05, 0.1) is 12.3 Å². The molecule has 0 fully saturated rings. The second-order valence-corrected chi connectivity index (χ2v) is 6.83. The van der Waals surface area contributed by atoms with Crippen molar-refractivity contribution in [2.45, 2.75) is 19.8 Å². The average molecular weight is 351 g/mol. The monoisotopic (exact) mass is 351 g/mol. The Morgan fingerprint density at radius 2 is 2.00 bits per heavy atom. The summed E-state index contributed by atoms with van der Waals surface area (Å²) in [6.45, 7) is 2.07. The molecule has 0 aromatic heterocycles. The lowest BCUT2D eigenvalue weighted by molar-refractivity contribution is -0.120. The van der Waals surface area contributed by atoms with E-state index in [4.69, 9.17) is 6.42 Å². The number of hydrogen-bond acceptors (Lipinski definition) is 4. The molecular formula is C16H21N3O4S. The number of nitrogens with one attached hydrogen (secondary N) is 3. The normalized spacial score (nSPS) is 10.5. The third-order valence-corrected chi connectivity index (χ3v) is 4.39. The van der Waals surface area contributed by atoms with Crippen LogP contribution < -0.4 is 15.4 Å².